The lowest BCUT2D eigenvalue weighted by atomic mass is 10.2. The average Bonchev–Trinajstić information content (AvgIpc) is 2.87. The minimum atomic E-state index is 0.807. The van der Waals surface area contributed by atoms with Gasteiger partial charge < -0.3 is 10.3 Å². The number of rotatable bonds is 3. The Labute approximate surface area is 128 Å². The van der Waals surface area contributed by atoms with Crippen molar-refractivity contribution < 1.29 is 0 Å². The molecule has 0 fully saturated rings. The van der Waals surface area contributed by atoms with Crippen molar-refractivity contribution in [2.45, 2.75) is 6.54 Å². The molecule has 0 amide bonds. The van der Waals surface area contributed by atoms with E-state index in [1.807, 2.05) is 6.20 Å². The van der Waals surface area contributed by atoms with Crippen LogP contribution in [0.4, 0.5) is 5.69 Å². The first kappa shape index (κ1) is 12.8. The van der Waals surface area contributed by atoms with Crippen LogP contribution in [0.1, 0.15) is 5.56 Å². The summed E-state index contributed by atoms with van der Waals surface area (Å²) in [5, 5.41) is 4.66. The van der Waals surface area contributed by atoms with Crippen molar-refractivity contribution in [3.63, 3.8) is 0 Å². The first-order chi connectivity index (χ1) is 9.22. The molecule has 1 aromatic heterocycles. The molecule has 3 aromatic rings. The molecule has 0 aliphatic heterocycles. The van der Waals surface area contributed by atoms with Gasteiger partial charge in [0.05, 0.1) is 0 Å². The number of halogens is 2. The van der Waals surface area contributed by atoms with Crippen molar-refractivity contribution in [2.75, 3.05) is 5.32 Å². The van der Waals surface area contributed by atoms with Crippen molar-refractivity contribution in [3.05, 3.63) is 63.2 Å². The Bertz CT molecular complexity index is 719. The van der Waals surface area contributed by atoms with Crippen LogP contribution in [0.25, 0.3) is 10.9 Å². The molecular weight excluding hydrogens is 368 g/mol. The van der Waals surface area contributed by atoms with Gasteiger partial charge in [-0.2, -0.15) is 0 Å². The van der Waals surface area contributed by atoms with Crippen LogP contribution in [0.5, 0.6) is 0 Å². The number of aromatic amines is 1. The van der Waals surface area contributed by atoms with E-state index in [4.69, 9.17) is 0 Å². The Hall–Kier alpha value is -1.26. The number of aromatic nitrogens is 1. The van der Waals surface area contributed by atoms with Gasteiger partial charge in [-0.3, -0.25) is 0 Å². The van der Waals surface area contributed by atoms with Gasteiger partial charge in [0.25, 0.3) is 0 Å². The Morgan fingerprint density at radius 3 is 2.68 bits per heavy atom. The molecule has 0 aliphatic rings. The third-order valence-corrected chi connectivity index (χ3v) is 4.91. The van der Waals surface area contributed by atoms with Crippen LogP contribution in [0.15, 0.2) is 57.6 Å². The maximum atomic E-state index is 3.52. The summed E-state index contributed by atoms with van der Waals surface area (Å²) in [6.45, 7) is 0.807. The predicted molar refractivity (Wildman–Crippen MR) is 87.5 cm³/mol. The smallest absolute Gasteiger partial charge is 0.0455 e. The van der Waals surface area contributed by atoms with Crippen LogP contribution < -0.4 is 5.32 Å². The Morgan fingerprint density at radius 2 is 1.84 bits per heavy atom. The second-order valence-electron chi connectivity index (χ2n) is 4.38. The number of hydrogen-bond acceptors (Lipinski definition) is 1. The molecule has 1 heterocycles. The van der Waals surface area contributed by atoms with E-state index in [-0.39, 0.29) is 0 Å². The molecule has 4 heteroatoms. The summed E-state index contributed by atoms with van der Waals surface area (Å²) in [7, 11) is 0. The van der Waals surface area contributed by atoms with Crippen molar-refractivity contribution in [2.24, 2.45) is 0 Å². The largest absolute Gasteiger partial charge is 0.381 e. The number of anilines is 1. The number of nitrogens with one attached hydrogen (secondary N) is 2. The summed E-state index contributed by atoms with van der Waals surface area (Å²) in [6, 6.07) is 14.7. The minimum Gasteiger partial charge on any atom is -0.381 e. The molecule has 19 heavy (non-hydrogen) atoms. The number of H-pyrrole nitrogens is 1. The topological polar surface area (TPSA) is 27.8 Å². The zero-order chi connectivity index (χ0) is 13.2. The highest BCUT2D eigenvalue weighted by atomic mass is 79.9. The van der Waals surface area contributed by atoms with E-state index in [2.05, 4.69) is 84.6 Å². The molecule has 2 N–H and O–H groups in total. The van der Waals surface area contributed by atoms with E-state index >= 15 is 0 Å². The predicted octanol–water partition coefficient (Wildman–Crippen LogP) is 5.31. The van der Waals surface area contributed by atoms with E-state index in [0.717, 1.165) is 26.7 Å². The SMILES string of the molecule is Brc1ccc(CNc2ccc3[nH]ccc3c2)cc1Br. The zero-order valence-electron chi connectivity index (χ0n) is 10.1. The highest BCUT2D eigenvalue weighted by molar-refractivity contribution is 9.13. The summed E-state index contributed by atoms with van der Waals surface area (Å²) >= 11 is 7.00. The summed E-state index contributed by atoms with van der Waals surface area (Å²) in [5.74, 6) is 0. The van der Waals surface area contributed by atoms with Crippen LogP contribution >= 0.6 is 31.9 Å². The monoisotopic (exact) mass is 378 g/mol. The molecule has 0 spiro atoms. The standard InChI is InChI=1S/C15H12Br2N2/c16-13-3-1-10(7-14(13)17)9-19-12-2-4-15-11(8-12)5-6-18-15/h1-8,18-19H,9H2. The van der Waals surface area contributed by atoms with Gasteiger partial charge >= 0.3 is 0 Å². The molecule has 0 unspecified atom stereocenters. The fraction of sp³-hybridized carbons (Fsp3) is 0.0667. The van der Waals surface area contributed by atoms with Gasteiger partial charge in [-0.05, 0) is 73.8 Å². The molecule has 0 atom stereocenters. The number of hydrogen-bond donors (Lipinski definition) is 2. The Balaban J connectivity index is 1.75. The molecule has 0 saturated heterocycles. The Morgan fingerprint density at radius 1 is 0.947 bits per heavy atom. The zero-order valence-corrected chi connectivity index (χ0v) is 13.3. The second-order valence-corrected chi connectivity index (χ2v) is 6.09. The number of benzene rings is 2. The van der Waals surface area contributed by atoms with Crippen molar-refractivity contribution in [3.8, 4) is 0 Å². The fourth-order valence-electron chi connectivity index (χ4n) is 2.02. The van der Waals surface area contributed by atoms with Crippen LogP contribution in [-0.2, 0) is 6.54 Å². The lowest BCUT2D eigenvalue weighted by Crippen LogP contribution is -1.99. The van der Waals surface area contributed by atoms with Gasteiger partial charge in [-0.15, -0.1) is 0 Å². The minimum absolute atomic E-state index is 0.807. The van der Waals surface area contributed by atoms with E-state index in [1.165, 1.54) is 10.9 Å². The maximum absolute atomic E-state index is 3.52. The second kappa shape index (κ2) is 5.39. The maximum Gasteiger partial charge on any atom is 0.0455 e. The normalized spacial score (nSPS) is 10.8. The van der Waals surface area contributed by atoms with Crippen LogP contribution in [-0.4, -0.2) is 4.98 Å². The molecule has 0 radical (unpaired) electrons. The third kappa shape index (κ3) is 2.85. The van der Waals surface area contributed by atoms with Crippen molar-refractivity contribution in [1.82, 2.24) is 4.98 Å². The molecule has 2 nitrogen and oxygen atoms in total. The van der Waals surface area contributed by atoms with Crippen molar-refractivity contribution in [1.29, 1.82) is 0 Å². The van der Waals surface area contributed by atoms with E-state index in [1.54, 1.807) is 0 Å². The quantitative estimate of drug-likeness (QED) is 0.634. The van der Waals surface area contributed by atoms with Gasteiger partial charge in [0.2, 0.25) is 0 Å². The third-order valence-electron chi connectivity index (χ3n) is 3.03. The van der Waals surface area contributed by atoms with Gasteiger partial charge in [0.15, 0.2) is 0 Å². The summed E-state index contributed by atoms with van der Waals surface area (Å²) in [6.07, 6.45) is 1.96. The van der Waals surface area contributed by atoms with E-state index in [0.29, 0.717) is 0 Å². The van der Waals surface area contributed by atoms with Crippen LogP contribution in [0.2, 0.25) is 0 Å². The molecule has 2 aromatic carbocycles. The van der Waals surface area contributed by atoms with Gasteiger partial charge in [-0.25, -0.2) is 0 Å². The lowest BCUT2D eigenvalue weighted by molar-refractivity contribution is 1.15. The van der Waals surface area contributed by atoms with Gasteiger partial charge in [-0.1, -0.05) is 6.07 Å². The molecule has 3 rings (SSSR count). The lowest BCUT2D eigenvalue weighted by Gasteiger charge is -2.08. The summed E-state index contributed by atoms with van der Waals surface area (Å²) < 4.78 is 2.15. The summed E-state index contributed by atoms with van der Waals surface area (Å²) in [4.78, 5) is 3.20. The van der Waals surface area contributed by atoms with Crippen LogP contribution in [0, 0.1) is 0 Å². The highest BCUT2D eigenvalue weighted by Gasteiger charge is 2.00. The molecule has 0 aliphatic carbocycles. The molecule has 0 saturated carbocycles. The molecule has 96 valence electrons. The first-order valence-electron chi connectivity index (χ1n) is 5.97. The first-order valence-corrected chi connectivity index (χ1v) is 7.56. The highest BCUT2D eigenvalue weighted by Crippen LogP contribution is 2.24. The molecule has 0 bridgehead atoms. The van der Waals surface area contributed by atoms with Crippen LogP contribution in [0.3, 0.4) is 0 Å². The fourth-order valence-corrected chi connectivity index (χ4v) is 2.69. The van der Waals surface area contributed by atoms with E-state index < -0.39 is 0 Å². The number of fused-ring (bicyclic) bond motifs is 1. The Kier molecular flexibility index (Phi) is 3.62. The molecular formula is C15H12Br2N2. The van der Waals surface area contributed by atoms with E-state index in [9.17, 15) is 0 Å². The van der Waals surface area contributed by atoms with Gasteiger partial charge in [0, 0.05) is 38.3 Å². The van der Waals surface area contributed by atoms with Crippen molar-refractivity contribution >= 4 is 48.5 Å². The van der Waals surface area contributed by atoms with Gasteiger partial charge in [0.1, 0.15) is 0 Å². The average molecular weight is 380 g/mol. The summed E-state index contributed by atoms with van der Waals surface area (Å²) in [5.41, 5.74) is 3.53.